The summed E-state index contributed by atoms with van der Waals surface area (Å²) in [6.07, 6.45) is 3.25. The third-order valence-corrected chi connectivity index (χ3v) is 2.44. The molecule has 2 nitrogen and oxygen atoms in total. The summed E-state index contributed by atoms with van der Waals surface area (Å²) in [5.41, 5.74) is 0. The first-order valence-corrected chi connectivity index (χ1v) is 4.09. The van der Waals surface area contributed by atoms with E-state index < -0.39 is 0 Å². The van der Waals surface area contributed by atoms with Crippen molar-refractivity contribution in [2.75, 3.05) is 0 Å². The second-order valence-corrected chi connectivity index (χ2v) is 3.14. The normalized spacial score (nSPS) is 10.5. The predicted octanol–water partition coefficient (Wildman–Crippen LogP) is 2.94. The van der Waals surface area contributed by atoms with Crippen LogP contribution >= 0.6 is 23.2 Å². The molecule has 0 saturated heterocycles. The molecule has 1 aromatic carbocycles. The zero-order valence-electron chi connectivity index (χ0n) is 5.96. The number of nitrogens with zero attached hydrogens (tertiary/aromatic N) is 2. The molecule has 0 aliphatic heterocycles. The van der Waals surface area contributed by atoms with E-state index in [-0.39, 0.29) is 0 Å². The van der Waals surface area contributed by atoms with Gasteiger partial charge >= 0.3 is 0 Å². The topological polar surface area (TPSA) is 25.8 Å². The van der Waals surface area contributed by atoms with Crippen LogP contribution in [0.15, 0.2) is 24.5 Å². The highest BCUT2D eigenvalue weighted by atomic mass is 35.5. The van der Waals surface area contributed by atoms with Crippen LogP contribution in [0.3, 0.4) is 0 Å². The summed E-state index contributed by atoms with van der Waals surface area (Å²) < 4.78 is 0. The molecule has 0 aliphatic carbocycles. The van der Waals surface area contributed by atoms with E-state index in [2.05, 4.69) is 10.2 Å². The highest BCUT2D eigenvalue weighted by Crippen LogP contribution is 2.29. The summed E-state index contributed by atoms with van der Waals surface area (Å²) in [4.78, 5) is 0. The minimum atomic E-state index is 0.532. The van der Waals surface area contributed by atoms with Crippen LogP contribution in [0.1, 0.15) is 0 Å². The number of rotatable bonds is 0. The summed E-state index contributed by atoms with van der Waals surface area (Å²) in [5, 5.41) is 10.3. The van der Waals surface area contributed by atoms with E-state index in [0.717, 1.165) is 10.8 Å². The third kappa shape index (κ3) is 1.13. The molecule has 4 heteroatoms. The summed E-state index contributed by atoms with van der Waals surface area (Å²) in [7, 11) is 0. The van der Waals surface area contributed by atoms with Crippen LogP contribution in [-0.2, 0) is 0 Å². The van der Waals surface area contributed by atoms with Crippen LogP contribution in [-0.4, -0.2) is 10.2 Å². The Bertz CT molecular complexity index is 428. The molecular formula is C8H4Cl2N2. The minimum absolute atomic E-state index is 0.532. The molecule has 60 valence electrons. The summed E-state index contributed by atoms with van der Waals surface area (Å²) in [5.74, 6) is 0. The lowest BCUT2D eigenvalue weighted by atomic mass is 10.2. The Morgan fingerprint density at radius 3 is 2.58 bits per heavy atom. The van der Waals surface area contributed by atoms with Crippen molar-refractivity contribution in [3.05, 3.63) is 34.6 Å². The van der Waals surface area contributed by atoms with Gasteiger partial charge in [0.2, 0.25) is 0 Å². The zero-order chi connectivity index (χ0) is 8.55. The van der Waals surface area contributed by atoms with Crippen molar-refractivity contribution < 1.29 is 0 Å². The molecule has 0 fully saturated rings. The van der Waals surface area contributed by atoms with Gasteiger partial charge in [-0.25, -0.2) is 0 Å². The average molecular weight is 199 g/mol. The first kappa shape index (κ1) is 7.77. The van der Waals surface area contributed by atoms with Crippen molar-refractivity contribution in [2.24, 2.45) is 0 Å². The van der Waals surface area contributed by atoms with Crippen LogP contribution in [0.5, 0.6) is 0 Å². The van der Waals surface area contributed by atoms with Crippen molar-refractivity contribution in [1.29, 1.82) is 0 Å². The van der Waals surface area contributed by atoms with Gasteiger partial charge in [-0.2, -0.15) is 10.2 Å². The Balaban J connectivity index is 2.91. The monoisotopic (exact) mass is 198 g/mol. The average Bonchev–Trinajstić information content (AvgIpc) is 2.12. The molecule has 0 spiro atoms. The molecular weight excluding hydrogens is 195 g/mol. The Hall–Kier alpha value is -0.860. The molecule has 0 N–H and O–H groups in total. The number of benzene rings is 1. The molecule has 0 aliphatic rings. The predicted molar refractivity (Wildman–Crippen MR) is 49.6 cm³/mol. The second kappa shape index (κ2) is 2.88. The maximum atomic E-state index is 5.93. The lowest BCUT2D eigenvalue weighted by molar-refractivity contribution is 1.05. The smallest absolute Gasteiger partial charge is 0.0687 e. The van der Waals surface area contributed by atoms with E-state index in [9.17, 15) is 0 Å². The van der Waals surface area contributed by atoms with Gasteiger partial charge in [0.05, 0.1) is 22.4 Å². The summed E-state index contributed by atoms with van der Waals surface area (Å²) in [6.45, 7) is 0. The van der Waals surface area contributed by atoms with Crippen LogP contribution in [0.25, 0.3) is 10.8 Å². The molecule has 1 heterocycles. The summed E-state index contributed by atoms with van der Waals surface area (Å²) in [6, 6.07) is 3.60. The first-order valence-electron chi connectivity index (χ1n) is 3.33. The Morgan fingerprint density at radius 2 is 1.75 bits per heavy atom. The number of aromatic nitrogens is 2. The van der Waals surface area contributed by atoms with Gasteiger partial charge in [0.25, 0.3) is 0 Å². The van der Waals surface area contributed by atoms with Gasteiger partial charge in [0.1, 0.15) is 0 Å². The van der Waals surface area contributed by atoms with Crippen LogP contribution < -0.4 is 0 Å². The van der Waals surface area contributed by atoms with Gasteiger partial charge in [0, 0.05) is 10.8 Å². The molecule has 12 heavy (non-hydrogen) atoms. The van der Waals surface area contributed by atoms with Gasteiger partial charge < -0.3 is 0 Å². The zero-order valence-corrected chi connectivity index (χ0v) is 7.47. The van der Waals surface area contributed by atoms with Gasteiger partial charge in [0.15, 0.2) is 0 Å². The van der Waals surface area contributed by atoms with E-state index in [1.54, 1.807) is 18.5 Å². The lowest BCUT2D eigenvalue weighted by Crippen LogP contribution is -1.81. The standard InChI is InChI=1S/C8H4Cl2N2/c9-7-2-1-5-3-11-12-4-6(5)8(7)10/h1-4H. The second-order valence-electron chi connectivity index (χ2n) is 2.35. The van der Waals surface area contributed by atoms with Crippen LogP contribution in [0.2, 0.25) is 10.0 Å². The van der Waals surface area contributed by atoms with E-state index >= 15 is 0 Å². The SMILES string of the molecule is Clc1ccc2cnncc2c1Cl. The quantitative estimate of drug-likeness (QED) is 0.651. The Morgan fingerprint density at radius 1 is 1.00 bits per heavy atom. The van der Waals surface area contributed by atoms with E-state index in [0.29, 0.717) is 10.0 Å². The van der Waals surface area contributed by atoms with Gasteiger partial charge in [-0.05, 0) is 6.07 Å². The van der Waals surface area contributed by atoms with Crippen molar-refractivity contribution in [3.63, 3.8) is 0 Å². The van der Waals surface area contributed by atoms with Gasteiger partial charge in [-0.15, -0.1) is 0 Å². The molecule has 0 atom stereocenters. The summed E-state index contributed by atoms with van der Waals surface area (Å²) >= 11 is 11.7. The third-order valence-electron chi connectivity index (χ3n) is 1.62. The van der Waals surface area contributed by atoms with Crippen molar-refractivity contribution >= 4 is 34.0 Å². The van der Waals surface area contributed by atoms with Crippen molar-refractivity contribution in [1.82, 2.24) is 10.2 Å². The van der Waals surface area contributed by atoms with E-state index in [1.165, 1.54) is 0 Å². The highest BCUT2D eigenvalue weighted by molar-refractivity contribution is 6.45. The molecule has 0 amide bonds. The van der Waals surface area contributed by atoms with E-state index in [4.69, 9.17) is 23.2 Å². The molecule has 0 bridgehead atoms. The number of hydrogen-bond acceptors (Lipinski definition) is 2. The van der Waals surface area contributed by atoms with Crippen LogP contribution in [0, 0.1) is 0 Å². The number of hydrogen-bond donors (Lipinski definition) is 0. The molecule has 2 rings (SSSR count). The van der Waals surface area contributed by atoms with Gasteiger partial charge in [-0.3, -0.25) is 0 Å². The molecule has 2 aromatic rings. The van der Waals surface area contributed by atoms with Crippen molar-refractivity contribution in [3.8, 4) is 0 Å². The maximum absolute atomic E-state index is 5.93. The van der Waals surface area contributed by atoms with Crippen LogP contribution in [0.4, 0.5) is 0 Å². The fourth-order valence-electron chi connectivity index (χ4n) is 1.01. The minimum Gasteiger partial charge on any atom is -0.158 e. The molecule has 0 unspecified atom stereocenters. The van der Waals surface area contributed by atoms with Gasteiger partial charge in [-0.1, -0.05) is 29.3 Å². The molecule has 0 radical (unpaired) electrons. The fraction of sp³-hybridized carbons (Fsp3) is 0. The fourth-order valence-corrected chi connectivity index (χ4v) is 1.40. The number of fused-ring (bicyclic) bond motifs is 1. The molecule has 1 aromatic heterocycles. The highest BCUT2D eigenvalue weighted by Gasteiger charge is 2.02. The molecule has 0 saturated carbocycles. The maximum Gasteiger partial charge on any atom is 0.0687 e. The Kier molecular flexibility index (Phi) is 1.87. The van der Waals surface area contributed by atoms with E-state index in [1.807, 2.05) is 6.07 Å². The van der Waals surface area contributed by atoms with Crippen molar-refractivity contribution in [2.45, 2.75) is 0 Å². The Labute approximate surface area is 79.1 Å². The lowest BCUT2D eigenvalue weighted by Gasteiger charge is -1.99. The first-order chi connectivity index (χ1) is 5.79. The number of halogens is 2. The largest absolute Gasteiger partial charge is 0.158 e.